The van der Waals surface area contributed by atoms with Crippen molar-refractivity contribution >= 4 is 21.9 Å². The molecule has 0 amide bonds. The Morgan fingerprint density at radius 3 is 2.81 bits per heavy atom. The third-order valence-electron chi connectivity index (χ3n) is 2.04. The molecule has 6 nitrogen and oxygen atoms in total. The number of tetrazole rings is 1. The van der Waals surface area contributed by atoms with E-state index < -0.39 is 5.97 Å². The zero-order chi connectivity index (χ0) is 11.7. The molecule has 0 saturated heterocycles. The van der Waals surface area contributed by atoms with Crippen LogP contribution < -0.4 is 0 Å². The van der Waals surface area contributed by atoms with E-state index in [-0.39, 0.29) is 5.56 Å². The third-order valence-corrected chi connectivity index (χ3v) is 2.54. The van der Waals surface area contributed by atoms with E-state index in [1.807, 2.05) is 0 Å². The van der Waals surface area contributed by atoms with E-state index in [0.717, 1.165) is 4.47 Å². The molecular formula is C9H7BrN4O2. The number of halogens is 1. The number of carboxylic acids is 1. The molecule has 0 aliphatic carbocycles. The van der Waals surface area contributed by atoms with Crippen molar-refractivity contribution < 1.29 is 9.90 Å². The molecule has 7 heteroatoms. The number of nitrogens with zero attached hydrogens (tertiary/aromatic N) is 4. The first kappa shape index (κ1) is 10.7. The lowest BCUT2D eigenvalue weighted by atomic mass is 10.2. The maximum atomic E-state index is 11.0. The van der Waals surface area contributed by atoms with Crippen LogP contribution in [0.25, 0.3) is 5.69 Å². The van der Waals surface area contributed by atoms with Crippen LogP contribution in [0.4, 0.5) is 0 Å². The fraction of sp³-hybridized carbons (Fsp3) is 0.111. The second-order valence-electron chi connectivity index (χ2n) is 3.10. The van der Waals surface area contributed by atoms with Gasteiger partial charge in [0.15, 0.2) is 5.82 Å². The smallest absolute Gasteiger partial charge is 0.337 e. The number of benzene rings is 1. The molecule has 2 rings (SSSR count). The predicted molar refractivity (Wildman–Crippen MR) is 58.6 cm³/mol. The number of hydrogen-bond acceptors (Lipinski definition) is 4. The van der Waals surface area contributed by atoms with Gasteiger partial charge in [-0.05, 0) is 35.5 Å². The van der Waals surface area contributed by atoms with Crippen molar-refractivity contribution in [1.29, 1.82) is 0 Å². The first-order chi connectivity index (χ1) is 7.59. The van der Waals surface area contributed by atoms with E-state index in [1.165, 1.54) is 10.7 Å². The molecule has 0 atom stereocenters. The maximum absolute atomic E-state index is 11.0. The highest BCUT2D eigenvalue weighted by atomic mass is 79.9. The van der Waals surface area contributed by atoms with E-state index in [9.17, 15) is 4.79 Å². The van der Waals surface area contributed by atoms with Crippen molar-refractivity contribution in [3.63, 3.8) is 0 Å². The lowest BCUT2D eigenvalue weighted by molar-refractivity contribution is 0.0696. The summed E-state index contributed by atoms with van der Waals surface area (Å²) >= 11 is 3.28. The Balaban J connectivity index is 2.67. The molecule has 0 bridgehead atoms. The quantitative estimate of drug-likeness (QED) is 0.901. The van der Waals surface area contributed by atoms with Gasteiger partial charge in [-0.15, -0.1) is 5.10 Å². The van der Waals surface area contributed by atoms with Crippen molar-refractivity contribution in [2.45, 2.75) is 6.92 Å². The SMILES string of the molecule is Cc1nnnn1-c1cc(Br)ccc1C(=O)O. The Labute approximate surface area is 99.0 Å². The molecule has 0 unspecified atom stereocenters. The van der Waals surface area contributed by atoms with E-state index >= 15 is 0 Å². The summed E-state index contributed by atoms with van der Waals surface area (Å²) in [5.74, 6) is -0.488. The van der Waals surface area contributed by atoms with Crippen molar-refractivity contribution in [3.8, 4) is 5.69 Å². The largest absolute Gasteiger partial charge is 0.478 e. The van der Waals surface area contributed by atoms with Gasteiger partial charge >= 0.3 is 5.97 Å². The average Bonchev–Trinajstić information content (AvgIpc) is 2.63. The zero-order valence-electron chi connectivity index (χ0n) is 8.25. The first-order valence-corrected chi connectivity index (χ1v) is 5.17. The topological polar surface area (TPSA) is 80.9 Å². The fourth-order valence-electron chi connectivity index (χ4n) is 1.32. The second kappa shape index (κ2) is 4.01. The van der Waals surface area contributed by atoms with Gasteiger partial charge < -0.3 is 5.11 Å². The molecule has 1 N–H and O–H groups in total. The summed E-state index contributed by atoms with van der Waals surface area (Å²) in [6.07, 6.45) is 0. The summed E-state index contributed by atoms with van der Waals surface area (Å²) in [4.78, 5) is 11.0. The van der Waals surface area contributed by atoms with Crippen LogP contribution >= 0.6 is 15.9 Å². The van der Waals surface area contributed by atoms with Crippen LogP contribution in [-0.2, 0) is 0 Å². The molecule has 2 aromatic rings. The highest BCUT2D eigenvalue weighted by Crippen LogP contribution is 2.20. The zero-order valence-corrected chi connectivity index (χ0v) is 9.84. The molecule has 1 heterocycles. The van der Waals surface area contributed by atoms with Crippen LogP contribution in [-0.4, -0.2) is 31.3 Å². The van der Waals surface area contributed by atoms with Crippen LogP contribution in [0.3, 0.4) is 0 Å². The van der Waals surface area contributed by atoms with E-state index in [4.69, 9.17) is 5.11 Å². The molecular weight excluding hydrogens is 276 g/mol. The lowest BCUT2D eigenvalue weighted by Crippen LogP contribution is -2.08. The summed E-state index contributed by atoms with van der Waals surface area (Å²) in [7, 11) is 0. The minimum absolute atomic E-state index is 0.151. The number of rotatable bonds is 2. The predicted octanol–water partition coefficient (Wildman–Crippen LogP) is 1.43. The molecule has 0 aliphatic rings. The van der Waals surface area contributed by atoms with Gasteiger partial charge in [0.2, 0.25) is 0 Å². The Morgan fingerprint density at radius 2 is 2.25 bits per heavy atom. The van der Waals surface area contributed by atoms with Gasteiger partial charge in [0.1, 0.15) is 0 Å². The Kier molecular flexibility index (Phi) is 2.69. The van der Waals surface area contributed by atoms with Crippen LogP contribution in [0.2, 0.25) is 0 Å². The molecule has 0 spiro atoms. The summed E-state index contributed by atoms with van der Waals surface area (Å²) in [6, 6.07) is 4.82. The summed E-state index contributed by atoms with van der Waals surface area (Å²) in [5.41, 5.74) is 0.586. The summed E-state index contributed by atoms with van der Waals surface area (Å²) in [6.45, 7) is 1.70. The van der Waals surface area contributed by atoms with E-state index in [2.05, 4.69) is 31.5 Å². The molecule has 82 valence electrons. The molecule has 0 aliphatic heterocycles. The van der Waals surface area contributed by atoms with Gasteiger partial charge in [-0.1, -0.05) is 15.9 Å². The second-order valence-corrected chi connectivity index (χ2v) is 4.02. The van der Waals surface area contributed by atoms with Gasteiger partial charge in [0, 0.05) is 4.47 Å². The third kappa shape index (κ3) is 1.81. The van der Waals surface area contributed by atoms with Crippen molar-refractivity contribution in [2.24, 2.45) is 0 Å². The van der Waals surface area contributed by atoms with Crippen LogP contribution in [0.15, 0.2) is 22.7 Å². The number of hydrogen-bond donors (Lipinski definition) is 1. The normalized spacial score (nSPS) is 10.4. The highest BCUT2D eigenvalue weighted by Gasteiger charge is 2.14. The van der Waals surface area contributed by atoms with E-state index in [0.29, 0.717) is 11.5 Å². The van der Waals surface area contributed by atoms with Gasteiger partial charge in [-0.3, -0.25) is 0 Å². The van der Waals surface area contributed by atoms with Crippen LogP contribution in [0.5, 0.6) is 0 Å². The van der Waals surface area contributed by atoms with Crippen molar-refractivity contribution in [1.82, 2.24) is 20.2 Å². The van der Waals surface area contributed by atoms with Gasteiger partial charge in [0.05, 0.1) is 11.3 Å². The molecule has 0 radical (unpaired) electrons. The molecule has 0 fully saturated rings. The monoisotopic (exact) mass is 282 g/mol. The highest BCUT2D eigenvalue weighted by molar-refractivity contribution is 9.10. The minimum atomic E-state index is -1.02. The average molecular weight is 283 g/mol. The van der Waals surface area contributed by atoms with Crippen molar-refractivity contribution in [2.75, 3.05) is 0 Å². The van der Waals surface area contributed by atoms with Crippen molar-refractivity contribution in [3.05, 3.63) is 34.1 Å². The molecule has 1 aromatic carbocycles. The fourth-order valence-corrected chi connectivity index (χ4v) is 1.66. The molecule has 1 aromatic heterocycles. The maximum Gasteiger partial charge on any atom is 0.337 e. The number of aryl methyl sites for hydroxylation is 1. The van der Waals surface area contributed by atoms with Crippen LogP contribution in [0, 0.1) is 6.92 Å². The van der Waals surface area contributed by atoms with Gasteiger partial charge in [-0.2, -0.15) is 4.68 Å². The van der Waals surface area contributed by atoms with Gasteiger partial charge in [-0.25, -0.2) is 4.79 Å². The van der Waals surface area contributed by atoms with E-state index in [1.54, 1.807) is 19.1 Å². The standard InChI is InChI=1S/C9H7BrN4O2/c1-5-11-12-13-14(5)8-4-6(10)2-3-7(8)9(15)16/h2-4H,1H3,(H,15,16). The molecule has 0 saturated carbocycles. The minimum Gasteiger partial charge on any atom is -0.478 e. The first-order valence-electron chi connectivity index (χ1n) is 4.38. The lowest BCUT2D eigenvalue weighted by Gasteiger charge is -2.06. The summed E-state index contributed by atoms with van der Waals surface area (Å²) in [5, 5.41) is 20.0. The molecule has 16 heavy (non-hydrogen) atoms. The number of aromatic nitrogens is 4. The van der Waals surface area contributed by atoms with Crippen LogP contribution in [0.1, 0.15) is 16.2 Å². The number of aromatic carboxylic acids is 1. The Bertz CT molecular complexity index is 552. The number of carbonyl (C=O) groups is 1. The Morgan fingerprint density at radius 1 is 1.50 bits per heavy atom. The Hall–Kier alpha value is -1.76. The number of carboxylic acid groups (broad SMARTS) is 1. The van der Waals surface area contributed by atoms with Gasteiger partial charge in [0.25, 0.3) is 0 Å². The summed E-state index contributed by atoms with van der Waals surface area (Å²) < 4.78 is 2.15.